The van der Waals surface area contributed by atoms with E-state index >= 15 is 0 Å². The van der Waals surface area contributed by atoms with Crippen molar-refractivity contribution in [3.63, 3.8) is 0 Å². The minimum absolute atomic E-state index is 0.0348. The Morgan fingerprint density at radius 2 is 2.00 bits per heavy atom. The van der Waals surface area contributed by atoms with Gasteiger partial charge in [-0.3, -0.25) is 0 Å². The summed E-state index contributed by atoms with van der Waals surface area (Å²) in [5.41, 5.74) is 1.01. The molecule has 5 heteroatoms. The summed E-state index contributed by atoms with van der Waals surface area (Å²) >= 11 is 3.32. The van der Waals surface area contributed by atoms with E-state index in [1.165, 1.54) is 0 Å². The molecule has 0 saturated heterocycles. The predicted octanol–water partition coefficient (Wildman–Crippen LogP) is 2.30. The summed E-state index contributed by atoms with van der Waals surface area (Å²) in [5, 5.41) is 8.61. The largest absolute Gasteiger partial charge is 0.396 e. The molecule has 0 aliphatic heterocycles. The number of rotatable bonds is 5. The van der Waals surface area contributed by atoms with Crippen LogP contribution in [0.2, 0.25) is 0 Å². The van der Waals surface area contributed by atoms with E-state index in [9.17, 15) is 8.42 Å². The monoisotopic (exact) mass is 306 g/mol. The van der Waals surface area contributed by atoms with Crippen LogP contribution in [0.25, 0.3) is 0 Å². The van der Waals surface area contributed by atoms with E-state index in [1.807, 2.05) is 6.92 Å². The van der Waals surface area contributed by atoms with E-state index in [0.717, 1.165) is 10.0 Å². The predicted molar refractivity (Wildman–Crippen MR) is 67.3 cm³/mol. The molecule has 90 valence electrons. The number of unbranched alkanes of at least 4 members (excludes halogenated alkanes) is 1. The zero-order valence-electron chi connectivity index (χ0n) is 9.11. The highest BCUT2D eigenvalue weighted by Crippen LogP contribution is 2.21. The van der Waals surface area contributed by atoms with Crippen molar-refractivity contribution >= 4 is 25.8 Å². The second kappa shape index (κ2) is 5.80. The van der Waals surface area contributed by atoms with Crippen molar-refractivity contribution in [3.8, 4) is 0 Å². The summed E-state index contributed by atoms with van der Waals surface area (Å²) < 4.78 is 24.5. The standard InChI is InChI=1S/C11H15BrO3S/c1-9-4-5-10(8-11(9)12)16(14,15)7-3-2-6-13/h4-5,8,13H,2-3,6-7H2,1H3. The molecule has 0 aliphatic rings. The van der Waals surface area contributed by atoms with Gasteiger partial charge in [-0.25, -0.2) is 8.42 Å². The smallest absolute Gasteiger partial charge is 0.178 e. The number of benzene rings is 1. The molecule has 0 atom stereocenters. The van der Waals surface area contributed by atoms with E-state index in [4.69, 9.17) is 5.11 Å². The van der Waals surface area contributed by atoms with E-state index in [2.05, 4.69) is 15.9 Å². The lowest BCUT2D eigenvalue weighted by molar-refractivity contribution is 0.287. The van der Waals surface area contributed by atoms with E-state index in [0.29, 0.717) is 17.7 Å². The van der Waals surface area contributed by atoms with E-state index < -0.39 is 9.84 Å². The molecular weight excluding hydrogens is 292 g/mol. The molecular formula is C11H15BrO3S. The summed E-state index contributed by atoms with van der Waals surface area (Å²) in [6.07, 6.45) is 1.01. The van der Waals surface area contributed by atoms with Crippen LogP contribution in [0.4, 0.5) is 0 Å². The van der Waals surface area contributed by atoms with Crippen molar-refractivity contribution in [1.82, 2.24) is 0 Å². The first-order valence-corrected chi connectivity index (χ1v) is 7.51. The van der Waals surface area contributed by atoms with E-state index in [-0.39, 0.29) is 12.4 Å². The molecule has 1 aromatic rings. The van der Waals surface area contributed by atoms with Crippen molar-refractivity contribution in [1.29, 1.82) is 0 Å². The number of aliphatic hydroxyl groups excluding tert-OH is 1. The molecule has 0 aromatic heterocycles. The van der Waals surface area contributed by atoms with Crippen LogP contribution < -0.4 is 0 Å². The number of sulfone groups is 1. The molecule has 0 fully saturated rings. The molecule has 1 N–H and O–H groups in total. The lowest BCUT2D eigenvalue weighted by Gasteiger charge is -2.05. The van der Waals surface area contributed by atoms with Gasteiger partial charge in [-0.15, -0.1) is 0 Å². The van der Waals surface area contributed by atoms with Crippen LogP contribution in [0.3, 0.4) is 0 Å². The fourth-order valence-electron chi connectivity index (χ4n) is 1.29. The highest BCUT2D eigenvalue weighted by Gasteiger charge is 2.14. The Hall–Kier alpha value is -0.390. The molecule has 0 saturated carbocycles. The van der Waals surface area contributed by atoms with Gasteiger partial charge >= 0.3 is 0 Å². The molecule has 0 aliphatic carbocycles. The van der Waals surface area contributed by atoms with Crippen LogP contribution in [0.5, 0.6) is 0 Å². The van der Waals surface area contributed by atoms with Crippen molar-refractivity contribution in [2.45, 2.75) is 24.7 Å². The van der Waals surface area contributed by atoms with Gasteiger partial charge in [0.25, 0.3) is 0 Å². The first-order chi connectivity index (χ1) is 7.47. The van der Waals surface area contributed by atoms with Gasteiger partial charge in [-0.05, 0) is 37.5 Å². The minimum atomic E-state index is -3.21. The molecule has 16 heavy (non-hydrogen) atoms. The Balaban J connectivity index is 2.86. The van der Waals surface area contributed by atoms with E-state index in [1.54, 1.807) is 18.2 Å². The van der Waals surface area contributed by atoms with Gasteiger partial charge in [0.1, 0.15) is 0 Å². The second-order valence-electron chi connectivity index (χ2n) is 3.66. The lowest BCUT2D eigenvalue weighted by atomic mass is 10.2. The van der Waals surface area contributed by atoms with Gasteiger partial charge < -0.3 is 5.11 Å². The highest BCUT2D eigenvalue weighted by atomic mass is 79.9. The van der Waals surface area contributed by atoms with Crippen molar-refractivity contribution in [2.24, 2.45) is 0 Å². The Morgan fingerprint density at radius 3 is 2.56 bits per heavy atom. The zero-order chi connectivity index (χ0) is 12.2. The first kappa shape index (κ1) is 13.7. The summed E-state index contributed by atoms with van der Waals surface area (Å²) in [5.74, 6) is 0.0864. The van der Waals surface area contributed by atoms with Crippen LogP contribution >= 0.6 is 15.9 Å². The second-order valence-corrected chi connectivity index (χ2v) is 6.62. The summed E-state index contributed by atoms with van der Waals surface area (Å²) in [6.45, 7) is 1.94. The maximum atomic E-state index is 11.9. The number of hydrogen-bond acceptors (Lipinski definition) is 3. The average molecular weight is 307 g/mol. The molecule has 0 spiro atoms. The number of halogens is 1. The third-order valence-corrected chi connectivity index (χ3v) is 4.98. The quantitative estimate of drug-likeness (QED) is 0.849. The molecule has 0 radical (unpaired) electrons. The topological polar surface area (TPSA) is 54.4 Å². The Kier molecular flexibility index (Phi) is 4.95. The summed E-state index contributed by atoms with van der Waals surface area (Å²) in [4.78, 5) is 0.336. The number of aliphatic hydroxyl groups is 1. The van der Waals surface area contributed by atoms with Crippen LogP contribution in [0.15, 0.2) is 27.6 Å². The minimum Gasteiger partial charge on any atom is -0.396 e. The molecule has 0 amide bonds. The fraction of sp³-hybridized carbons (Fsp3) is 0.455. The fourth-order valence-corrected chi connectivity index (χ4v) is 3.21. The van der Waals surface area contributed by atoms with Gasteiger partial charge in [-0.2, -0.15) is 0 Å². The van der Waals surface area contributed by atoms with Crippen LogP contribution in [0, 0.1) is 6.92 Å². The summed E-state index contributed by atoms with van der Waals surface area (Å²) in [7, 11) is -3.21. The molecule has 1 rings (SSSR count). The SMILES string of the molecule is Cc1ccc(S(=O)(=O)CCCCO)cc1Br. The maximum Gasteiger partial charge on any atom is 0.178 e. The Morgan fingerprint density at radius 1 is 1.31 bits per heavy atom. The average Bonchev–Trinajstić information content (AvgIpc) is 2.22. The normalized spacial score (nSPS) is 11.7. The van der Waals surface area contributed by atoms with Gasteiger partial charge in [-0.1, -0.05) is 22.0 Å². The van der Waals surface area contributed by atoms with Gasteiger partial charge in [0.2, 0.25) is 0 Å². The molecule has 0 heterocycles. The van der Waals surface area contributed by atoms with Crippen molar-refractivity contribution in [2.75, 3.05) is 12.4 Å². The third-order valence-electron chi connectivity index (χ3n) is 2.32. The molecule has 0 bridgehead atoms. The van der Waals surface area contributed by atoms with Crippen LogP contribution in [-0.2, 0) is 9.84 Å². The van der Waals surface area contributed by atoms with Gasteiger partial charge in [0, 0.05) is 11.1 Å². The maximum absolute atomic E-state index is 11.9. The number of aryl methyl sites for hydroxylation is 1. The van der Waals surface area contributed by atoms with Crippen LogP contribution in [-0.4, -0.2) is 25.9 Å². The first-order valence-electron chi connectivity index (χ1n) is 5.07. The van der Waals surface area contributed by atoms with Gasteiger partial charge in [0.05, 0.1) is 10.6 Å². The lowest BCUT2D eigenvalue weighted by Crippen LogP contribution is -2.07. The van der Waals surface area contributed by atoms with Crippen molar-refractivity contribution < 1.29 is 13.5 Å². The Bertz CT molecular complexity index is 454. The molecule has 1 aromatic carbocycles. The van der Waals surface area contributed by atoms with Crippen molar-refractivity contribution in [3.05, 3.63) is 28.2 Å². The summed E-state index contributed by atoms with van der Waals surface area (Å²) in [6, 6.07) is 5.03. The van der Waals surface area contributed by atoms with Crippen LogP contribution in [0.1, 0.15) is 18.4 Å². The Labute approximate surface area is 105 Å². The third kappa shape index (κ3) is 3.57. The molecule has 3 nitrogen and oxygen atoms in total. The zero-order valence-corrected chi connectivity index (χ0v) is 11.5. The van der Waals surface area contributed by atoms with Gasteiger partial charge in [0.15, 0.2) is 9.84 Å². The molecule has 0 unspecified atom stereocenters. The number of hydrogen-bond donors (Lipinski definition) is 1. The highest BCUT2D eigenvalue weighted by molar-refractivity contribution is 9.10.